The molecule has 0 aromatic heterocycles. The maximum absolute atomic E-state index is 14.5. The monoisotopic (exact) mass is 1070 g/mol. The summed E-state index contributed by atoms with van der Waals surface area (Å²) in [7, 11) is 0. The summed E-state index contributed by atoms with van der Waals surface area (Å²) < 4.78 is 24.9. The molecule has 0 bridgehead atoms. The van der Waals surface area contributed by atoms with Gasteiger partial charge in [0, 0.05) is 36.1 Å². The summed E-state index contributed by atoms with van der Waals surface area (Å²) in [6.45, 7) is 3.90. The molecular formula is C65H76N4O10. The minimum atomic E-state index is -0.441. The summed E-state index contributed by atoms with van der Waals surface area (Å²) in [4.78, 5) is 79.1. The van der Waals surface area contributed by atoms with Crippen molar-refractivity contribution in [1.82, 2.24) is 10.9 Å². The molecule has 0 heterocycles. The van der Waals surface area contributed by atoms with Gasteiger partial charge in [-0.15, -0.1) is 0 Å². The quantitative estimate of drug-likeness (QED) is 0.0404. The summed E-state index contributed by atoms with van der Waals surface area (Å²) in [5.41, 5.74) is 11.9. The first-order valence-corrected chi connectivity index (χ1v) is 28.7. The zero-order chi connectivity index (χ0) is 55.1. The fourth-order valence-electron chi connectivity index (χ4n) is 11.8. The van der Waals surface area contributed by atoms with Crippen LogP contribution in [0.2, 0.25) is 0 Å². The van der Waals surface area contributed by atoms with Gasteiger partial charge in [0.1, 0.15) is 29.2 Å². The van der Waals surface area contributed by atoms with E-state index in [1.165, 1.54) is 0 Å². The summed E-state index contributed by atoms with van der Waals surface area (Å²) >= 11 is 0. The number of nitrogens with one attached hydrogen (secondary N) is 2. The number of rotatable bonds is 21. The molecule has 79 heavy (non-hydrogen) atoms. The second kappa shape index (κ2) is 27.6. The van der Waals surface area contributed by atoms with E-state index in [1.54, 1.807) is 19.9 Å². The zero-order valence-electron chi connectivity index (χ0n) is 45.7. The lowest BCUT2D eigenvalue weighted by atomic mass is 9.80. The minimum Gasteiger partial charge on any atom is -0.465 e. The lowest BCUT2D eigenvalue weighted by Gasteiger charge is -2.31. The Balaban J connectivity index is 0.951. The largest absolute Gasteiger partial charge is 0.465 e. The third-order valence-corrected chi connectivity index (χ3v) is 16.8. The van der Waals surface area contributed by atoms with Crippen LogP contribution in [-0.2, 0) is 51.3 Å². The van der Waals surface area contributed by atoms with Crippen LogP contribution in [-0.4, -0.2) is 48.2 Å². The highest BCUT2D eigenvalue weighted by Gasteiger charge is 2.36. The molecule has 0 amide bonds. The molecule has 0 aliphatic heterocycles. The van der Waals surface area contributed by atoms with Crippen molar-refractivity contribution in [3.8, 4) is 11.5 Å². The third-order valence-electron chi connectivity index (χ3n) is 16.8. The number of ether oxygens (including phenoxy) is 4. The predicted octanol–water partition coefficient (Wildman–Crippen LogP) is 12.4. The number of ketones is 2. The van der Waals surface area contributed by atoms with Crippen LogP contribution in [0.1, 0.15) is 128 Å². The Bertz CT molecular complexity index is 2740. The molecule has 5 aromatic carbocycles. The Labute approximate surface area is 464 Å². The van der Waals surface area contributed by atoms with E-state index in [0.717, 1.165) is 35.6 Å². The second-order valence-corrected chi connectivity index (χ2v) is 22.2. The van der Waals surface area contributed by atoms with Gasteiger partial charge in [0.15, 0.2) is 0 Å². The predicted molar refractivity (Wildman–Crippen MR) is 302 cm³/mol. The van der Waals surface area contributed by atoms with Crippen LogP contribution in [0, 0.1) is 41.4 Å². The zero-order valence-corrected chi connectivity index (χ0v) is 45.7. The number of para-hydroxylation sites is 4. The van der Waals surface area contributed by atoms with Crippen molar-refractivity contribution in [2.24, 2.45) is 41.4 Å². The number of hydrogen-bond donors (Lipinski definition) is 2. The first kappa shape index (κ1) is 56.6. The first-order chi connectivity index (χ1) is 38.4. The number of hydrogen-bond acceptors (Lipinski definition) is 14. The fraction of sp³-hybridized carbons (Fsp3) is 0.446. The van der Waals surface area contributed by atoms with Crippen molar-refractivity contribution < 1.29 is 47.7 Å². The summed E-state index contributed by atoms with van der Waals surface area (Å²) in [5, 5.41) is 3.94. The normalized spacial score (nSPS) is 23.1. The van der Waals surface area contributed by atoms with E-state index in [-0.39, 0.29) is 84.2 Å². The maximum Gasteiger partial charge on any atom is 0.314 e. The topological polar surface area (TPSA) is 170 Å². The molecule has 9 rings (SSSR count). The first-order valence-electron chi connectivity index (χ1n) is 28.7. The average Bonchev–Trinajstić information content (AvgIpc) is 3.49. The minimum absolute atomic E-state index is 0.0183. The van der Waals surface area contributed by atoms with E-state index in [0.29, 0.717) is 119 Å². The maximum atomic E-state index is 14.5. The van der Waals surface area contributed by atoms with Crippen LogP contribution in [0.4, 0.5) is 22.7 Å². The molecule has 14 heteroatoms. The number of carbonyl (C=O) groups is 6. The fourth-order valence-corrected chi connectivity index (χ4v) is 11.8. The number of esters is 4. The molecule has 0 unspecified atom stereocenters. The number of benzene rings is 5. The third kappa shape index (κ3) is 15.4. The lowest BCUT2D eigenvalue weighted by molar-refractivity contribution is -0.158. The van der Waals surface area contributed by atoms with Crippen LogP contribution >= 0.6 is 0 Å². The Morgan fingerprint density at radius 1 is 0.405 bits per heavy atom. The molecule has 0 spiro atoms. The van der Waals surface area contributed by atoms with E-state index in [4.69, 9.17) is 18.9 Å². The van der Waals surface area contributed by atoms with Crippen molar-refractivity contribution in [2.45, 2.75) is 136 Å². The van der Waals surface area contributed by atoms with E-state index >= 15 is 0 Å². The van der Waals surface area contributed by atoms with Crippen LogP contribution in [0.5, 0.6) is 11.5 Å². The van der Waals surface area contributed by atoms with Crippen LogP contribution in [0.3, 0.4) is 0 Å². The Morgan fingerprint density at radius 3 is 1.09 bits per heavy atom. The second-order valence-electron chi connectivity index (χ2n) is 22.2. The van der Waals surface area contributed by atoms with Gasteiger partial charge in [-0.3, -0.25) is 38.8 Å². The van der Waals surface area contributed by atoms with Gasteiger partial charge >= 0.3 is 23.9 Å². The van der Waals surface area contributed by atoms with Crippen LogP contribution in [0.25, 0.3) is 0 Å². The van der Waals surface area contributed by atoms with Crippen LogP contribution in [0.15, 0.2) is 133 Å². The molecule has 0 saturated heterocycles. The number of nitrogens with zero attached hydrogens (tertiary/aromatic N) is 2. The number of anilines is 4. The summed E-state index contributed by atoms with van der Waals surface area (Å²) in [6.07, 6.45) is 9.78. The van der Waals surface area contributed by atoms with Gasteiger partial charge in [-0.25, -0.2) is 10.9 Å². The van der Waals surface area contributed by atoms with Gasteiger partial charge < -0.3 is 18.9 Å². The highest BCUT2D eigenvalue weighted by Crippen LogP contribution is 2.38. The molecule has 2 N–H and O–H groups in total. The highest BCUT2D eigenvalue weighted by atomic mass is 16.6. The van der Waals surface area contributed by atoms with Gasteiger partial charge in [-0.1, -0.05) is 72.8 Å². The molecule has 14 nitrogen and oxygen atoms in total. The highest BCUT2D eigenvalue weighted by molar-refractivity contribution is 5.80. The molecule has 0 atom stereocenters. The lowest BCUT2D eigenvalue weighted by Crippen LogP contribution is -2.35. The summed E-state index contributed by atoms with van der Waals surface area (Å²) in [5.74, 6) is -1.18. The van der Waals surface area contributed by atoms with Crippen molar-refractivity contribution >= 4 is 58.2 Å². The van der Waals surface area contributed by atoms with Crippen molar-refractivity contribution in [1.29, 1.82) is 0 Å². The Morgan fingerprint density at radius 2 is 0.722 bits per heavy atom. The molecule has 4 saturated carbocycles. The van der Waals surface area contributed by atoms with Gasteiger partial charge in [0.05, 0.1) is 53.0 Å². The smallest absolute Gasteiger partial charge is 0.314 e. The van der Waals surface area contributed by atoms with Crippen molar-refractivity contribution in [3.63, 3.8) is 0 Å². The Hall–Kier alpha value is -7.16. The molecule has 4 aliphatic carbocycles. The SMILES string of the molecule is CC(=O)C1CCC(C(=O)OCC2CCC(C(=O)Oc3cc(CNN(c4ccccc4)c4ccccc4)c(OC(=O)C4CCC(OC(=O)C5CCC(C(C)=O)CC5)CC4)cc3CNN(c3ccccc3)c3ccccc3)CC2)CC1. The van der Waals surface area contributed by atoms with E-state index in [2.05, 4.69) is 10.9 Å². The number of hydrazine groups is 2. The van der Waals surface area contributed by atoms with E-state index < -0.39 is 11.9 Å². The van der Waals surface area contributed by atoms with E-state index in [9.17, 15) is 28.8 Å². The number of Topliss-reactive ketones (excluding diaryl/α,β-unsaturated/α-hetero) is 2. The van der Waals surface area contributed by atoms with Gasteiger partial charge in [-0.05, 0) is 183 Å². The molecule has 4 fully saturated rings. The van der Waals surface area contributed by atoms with Gasteiger partial charge in [0.2, 0.25) is 0 Å². The Kier molecular flexibility index (Phi) is 19.8. The van der Waals surface area contributed by atoms with Crippen molar-refractivity contribution in [3.05, 3.63) is 145 Å². The molecular weight excluding hydrogens is 997 g/mol. The van der Waals surface area contributed by atoms with Crippen LogP contribution < -0.4 is 30.3 Å². The van der Waals surface area contributed by atoms with Gasteiger partial charge in [-0.2, -0.15) is 0 Å². The number of carbonyl (C=O) groups excluding carboxylic acids is 6. The summed E-state index contributed by atoms with van der Waals surface area (Å²) in [6, 6.07) is 43.2. The molecule has 0 radical (unpaired) electrons. The average molecular weight is 1070 g/mol. The van der Waals surface area contributed by atoms with Crippen molar-refractivity contribution in [2.75, 3.05) is 16.6 Å². The standard InChI is InChI=1S/C65H76N4O10/c1-44(70)47-27-31-49(32-28-47)62(72)76-43-46-23-25-50(26-24-46)64(74)78-60-39-54(42-67-69(57-19-11-5-12-20-57)58-21-13-6-14-22-58)61(40-53(60)41-66-68(55-15-7-3-8-16-55)56-17-9-4-10-18-56)79-65(75)52-35-37-59(38-36-52)77-63(73)51-33-29-48(30-34-51)45(2)71/h3-22,39-40,46-52,59,66-67H,23-38,41-43H2,1-2H3. The van der Waals surface area contributed by atoms with E-state index in [1.807, 2.05) is 137 Å². The van der Waals surface area contributed by atoms with Gasteiger partial charge in [0.25, 0.3) is 0 Å². The molecule has 5 aromatic rings. The molecule has 4 aliphatic rings. The molecule has 416 valence electrons.